The van der Waals surface area contributed by atoms with Crippen LogP contribution in [0.2, 0.25) is 0 Å². The van der Waals surface area contributed by atoms with Crippen molar-refractivity contribution in [3.05, 3.63) is 40.1 Å². The van der Waals surface area contributed by atoms with Crippen molar-refractivity contribution in [2.24, 2.45) is 0 Å². The fraction of sp³-hybridized carbons (Fsp3) is 0.375. The summed E-state index contributed by atoms with van der Waals surface area (Å²) in [6.07, 6.45) is 0. The number of hydrogen-bond donors (Lipinski definition) is 1. The molecular formula is C16H21NO2S. The molecule has 1 aromatic heterocycles. The lowest BCUT2D eigenvalue weighted by molar-refractivity contribution is 0.311. The number of benzene rings is 1. The molecule has 0 spiro atoms. The van der Waals surface area contributed by atoms with Crippen LogP contribution in [0.5, 0.6) is 11.5 Å². The third-order valence-corrected chi connectivity index (χ3v) is 4.22. The summed E-state index contributed by atoms with van der Waals surface area (Å²) >= 11 is 1.82. The first-order valence-electron chi connectivity index (χ1n) is 6.77. The Kier molecular flexibility index (Phi) is 4.90. The van der Waals surface area contributed by atoms with Crippen molar-refractivity contribution in [1.29, 1.82) is 0 Å². The highest BCUT2D eigenvalue weighted by Gasteiger charge is 2.10. The molecule has 0 saturated carbocycles. The molecule has 0 aliphatic carbocycles. The van der Waals surface area contributed by atoms with E-state index in [1.54, 1.807) is 7.11 Å². The number of anilines is 1. The SMILES string of the molecule is CCOc1ccc(NC(C)c2ccc(C)s2)cc1OC. The van der Waals surface area contributed by atoms with E-state index in [1.165, 1.54) is 9.75 Å². The molecule has 0 aliphatic heterocycles. The van der Waals surface area contributed by atoms with Crippen LogP contribution in [0.15, 0.2) is 30.3 Å². The molecule has 1 N–H and O–H groups in total. The van der Waals surface area contributed by atoms with Crippen LogP contribution in [0.25, 0.3) is 0 Å². The van der Waals surface area contributed by atoms with Gasteiger partial charge in [0.25, 0.3) is 0 Å². The summed E-state index contributed by atoms with van der Waals surface area (Å²) in [5.41, 5.74) is 1.03. The minimum atomic E-state index is 0.274. The van der Waals surface area contributed by atoms with Gasteiger partial charge in [0.2, 0.25) is 0 Å². The Morgan fingerprint density at radius 1 is 1.20 bits per heavy atom. The van der Waals surface area contributed by atoms with Crippen LogP contribution in [0.1, 0.15) is 29.6 Å². The van der Waals surface area contributed by atoms with Crippen LogP contribution in [-0.2, 0) is 0 Å². The first-order valence-corrected chi connectivity index (χ1v) is 7.59. The number of thiophene rings is 1. The predicted molar refractivity (Wildman–Crippen MR) is 85.3 cm³/mol. The second-order valence-corrected chi connectivity index (χ2v) is 5.93. The van der Waals surface area contributed by atoms with E-state index < -0.39 is 0 Å². The molecule has 0 fully saturated rings. The van der Waals surface area contributed by atoms with Gasteiger partial charge in [-0.15, -0.1) is 11.3 Å². The molecule has 1 atom stereocenters. The summed E-state index contributed by atoms with van der Waals surface area (Å²) in [6, 6.07) is 10.5. The van der Waals surface area contributed by atoms with Gasteiger partial charge in [-0.3, -0.25) is 0 Å². The summed E-state index contributed by atoms with van der Waals surface area (Å²) in [7, 11) is 1.66. The molecule has 2 aromatic rings. The molecule has 4 heteroatoms. The second-order valence-electron chi connectivity index (χ2n) is 4.61. The van der Waals surface area contributed by atoms with Crippen molar-refractivity contribution >= 4 is 17.0 Å². The molecule has 3 nitrogen and oxygen atoms in total. The maximum atomic E-state index is 5.53. The maximum Gasteiger partial charge on any atom is 0.162 e. The van der Waals surface area contributed by atoms with E-state index in [0.29, 0.717) is 6.61 Å². The van der Waals surface area contributed by atoms with Gasteiger partial charge in [-0.2, -0.15) is 0 Å². The zero-order valence-corrected chi connectivity index (χ0v) is 13.2. The fourth-order valence-corrected chi connectivity index (χ4v) is 2.92. The lowest BCUT2D eigenvalue weighted by Gasteiger charge is -2.16. The second kappa shape index (κ2) is 6.66. The Morgan fingerprint density at radius 3 is 2.60 bits per heavy atom. The minimum Gasteiger partial charge on any atom is -0.493 e. The number of methoxy groups -OCH3 is 1. The van der Waals surface area contributed by atoms with E-state index in [4.69, 9.17) is 9.47 Å². The maximum absolute atomic E-state index is 5.53. The summed E-state index contributed by atoms with van der Waals surface area (Å²) in [5, 5.41) is 3.49. The van der Waals surface area contributed by atoms with E-state index in [2.05, 4.69) is 31.3 Å². The molecule has 20 heavy (non-hydrogen) atoms. The zero-order valence-electron chi connectivity index (χ0n) is 12.4. The quantitative estimate of drug-likeness (QED) is 0.841. The number of rotatable bonds is 6. The normalized spacial score (nSPS) is 12.0. The lowest BCUT2D eigenvalue weighted by atomic mass is 10.2. The third kappa shape index (κ3) is 3.45. The van der Waals surface area contributed by atoms with Gasteiger partial charge in [-0.1, -0.05) is 0 Å². The van der Waals surface area contributed by atoms with E-state index in [0.717, 1.165) is 17.2 Å². The predicted octanol–water partition coefficient (Wildman–Crippen LogP) is 4.64. The van der Waals surface area contributed by atoms with Crippen molar-refractivity contribution in [3.8, 4) is 11.5 Å². The average Bonchev–Trinajstić information content (AvgIpc) is 2.87. The van der Waals surface area contributed by atoms with Crippen molar-refractivity contribution < 1.29 is 9.47 Å². The van der Waals surface area contributed by atoms with Crippen LogP contribution >= 0.6 is 11.3 Å². The molecule has 0 radical (unpaired) electrons. The van der Waals surface area contributed by atoms with Crippen LogP contribution in [-0.4, -0.2) is 13.7 Å². The van der Waals surface area contributed by atoms with Crippen LogP contribution in [0, 0.1) is 6.92 Å². The molecule has 0 saturated heterocycles. The topological polar surface area (TPSA) is 30.5 Å². The van der Waals surface area contributed by atoms with Gasteiger partial charge in [0.1, 0.15) is 0 Å². The largest absolute Gasteiger partial charge is 0.493 e. The van der Waals surface area contributed by atoms with Crippen LogP contribution < -0.4 is 14.8 Å². The van der Waals surface area contributed by atoms with Crippen LogP contribution in [0.4, 0.5) is 5.69 Å². The lowest BCUT2D eigenvalue weighted by Crippen LogP contribution is -2.05. The van der Waals surface area contributed by atoms with Gasteiger partial charge in [0.05, 0.1) is 19.8 Å². The average molecular weight is 291 g/mol. The molecule has 0 aliphatic rings. The minimum absolute atomic E-state index is 0.274. The molecule has 1 heterocycles. The molecular weight excluding hydrogens is 270 g/mol. The highest BCUT2D eigenvalue weighted by Crippen LogP contribution is 2.32. The molecule has 1 unspecified atom stereocenters. The smallest absolute Gasteiger partial charge is 0.162 e. The summed E-state index contributed by atoms with van der Waals surface area (Å²) in [4.78, 5) is 2.66. The molecule has 0 bridgehead atoms. The Labute approximate surface area is 124 Å². The monoisotopic (exact) mass is 291 g/mol. The summed E-state index contributed by atoms with van der Waals surface area (Å²) in [6.45, 7) is 6.88. The Bertz CT molecular complexity index is 565. The van der Waals surface area contributed by atoms with Crippen molar-refractivity contribution in [2.45, 2.75) is 26.8 Å². The molecule has 108 valence electrons. The van der Waals surface area contributed by atoms with E-state index >= 15 is 0 Å². The molecule has 1 aromatic carbocycles. The standard InChI is InChI=1S/C16H21NO2S/c1-5-19-14-8-7-13(10-15(14)18-4)17-12(3)16-9-6-11(2)20-16/h6-10,12,17H,5H2,1-4H3. The van der Waals surface area contributed by atoms with Gasteiger partial charge in [-0.25, -0.2) is 0 Å². The van der Waals surface area contributed by atoms with Crippen molar-refractivity contribution in [3.63, 3.8) is 0 Å². The van der Waals surface area contributed by atoms with Crippen LogP contribution in [0.3, 0.4) is 0 Å². The number of aryl methyl sites for hydroxylation is 1. The van der Waals surface area contributed by atoms with Gasteiger partial charge >= 0.3 is 0 Å². The highest BCUT2D eigenvalue weighted by atomic mass is 32.1. The summed E-state index contributed by atoms with van der Waals surface area (Å²) < 4.78 is 10.9. The van der Waals surface area contributed by atoms with Gasteiger partial charge in [0.15, 0.2) is 11.5 Å². The zero-order chi connectivity index (χ0) is 14.5. The first kappa shape index (κ1) is 14.7. The Morgan fingerprint density at radius 2 is 2.00 bits per heavy atom. The Balaban J connectivity index is 2.13. The van der Waals surface area contributed by atoms with E-state index in [1.807, 2.05) is 36.5 Å². The summed E-state index contributed by atoms with van der Waals surface area (Å²) in [5.74, 6) is 1.53. The van der Waals surface area contributed by atoms with Crippen molar-refractivity contribution in [2.75, 3.05) is 19.0 Å². The third-order valence-electron chi connectivity index (χ3n) is 3.03. The van der Waals surface area contributed by atoms with E-state index in [9.17, 15) is 0 Å². The Hall–Kier alpha value is -1.68. The first-order chi connectivity index (χ1) is 9.63. The molecule has 0 amide bonds. The fourth-order valence-electron chi connectivity index (χ4n) is 2.04. The number of ether oxygens (including phenoxy) is 2. The van der Waals surface area contributed by atoms with Crippen molar-refractivity contribution in [1.82, 2.24) is 0 Å². The number of hydrogen-bond acceptors (Lipinski definition) is 4. The molecule has 2 rings (SSSR count). The van der Waals surface area contributed by atoms with E-state index in [-0.39, 0.29) is 6.04 Å². The van der Waals surface area contributed by atoms with Gasteiger partial charge in [-0.05, 0) is 45.0 Å². The van der Waals surface area contributed by atoms with Gasteiger partial charge < -0.3 is 14.8 Å². The highest BCUT2D eigenvalue weighted by molar-refractivity contribution is 7.12. The van der Waals surface area contributed by atoms with Gasteiger partial charge in [0, 0.05) is 21.5 Å². The number of nitrogens with one attached hydrogen (secondary N) is 1.